The van der Waals surface area contributed by atoms with Crippen LogP contribution in [0.25, 0.3) is 0 Å². The van der Waals surface area contributed by atoms with Crippen molar-refractivity contribution in [3.8, 4) is 0 Å². The zero-order valence-electron chi connectivity index (χ0n) is 11.8. The van der Waals surface area contributed by atoms with Crippen molar-refractivity contribution in [1.82, 2.24) is 4.31 Å². The van der Waals surface area contributed by atoms with Crippen LogP contribution in [-0.4, -0.2) is 36.4 Å². The lowest BCUT2D eigenvalue weighted by Crippen LogP contribution is -2.38. The molecule has 1 fully saturated rings. The van der Waals surface area contributed by atoms with Crippen molar-refractivity contribution in [3.05, 3.63) is 17.6 Å². The molecule has 6 nitrogen and oxygen atoms in total. The highest BCUT2D eigenvalue weighted by Crippen LogP contribution is 2.32. The Morgan fingerprint density at radius 2 is 2.15 bits per heavy atom. The maximum atomic E-state index is 12.7. The molecular formula is C13H19NO5S. The van der Waals surface area contributed by atoms with Gasteiger partial charge in [-0.25, -0.2) is 13.2 Å². The third kappa shape index (κ3) is 2.47. The summed E-state index contributed by atoms with van der Waals surface area (Å²) < 4.78 is 31.8. The van der Waals surface area contributed by atoms with Crippen LogP contribution >= 0.6 is 0 Å². The van der Waals surface area contributed by atoms with E-state index in [0.717, 1.165) is 18.9 Å². The number of carboxylic acid groups (broad SMARTS) is 1. The van der Waals surface area contributed by atoms with Crippen molar-refractivity contribution in [2.45, 2.75) is 44.6 Å². The minimum absolute atomic E-state index is 0.0393. The molecular weight excluding hydrogens is 282 g/mol. The third-order valence-electron chi connectivity index (χ3n) is 3.69. The molecule has 1 aliphatic rings. The van der Waals surface area contributed by atoms with Crippen molar-refractivity contribution in [3.63, 3.8) is 0 Å². The van der Waals surface area contributed by atoms with Crippen molar-refractivity contribution < 1.29 is 22.7 Å². The van der Waals surface area contributed by atoms with Crippen molar-refractivity contribution in [2.75, 3.05) is 6.54 Å². The highest BCUT2D eigenvalue weighted by Gasteiger charge is 2.38. The van der Waals surface area contributed by atoms with Gasteiger partial charge < -0.3 is 9.52 Å². The number of carboxylic acids is 1. The number of nitrogens with zero attached hydrogens (tertiary/aromatic N) is 1. The SMILES string of the molecule is Cc1oc(C(=O)O)cc1S(=O)(=O)N1CCCC1C(C)C. The Morgan fingerprint density at radius 1 is 1.50 bits per heavy atom. The van der Waals surface area contributed by atoms with Gasteiger partial charge in [0.2, 0.25) is 15.8 Å². The second kappa shape index (κ2) is 5.21. The van der Waals surface area contributed by atoms with E-state index in [9.17, 15) is 13.2 Å². The number of carbonyl (C=O) groups is 1. The van der Waals surface area contributed by atoms with Gasteiger partial charge in [-0.15, -0.1) is 0 Å². The molecule has 2 heterocycles. The fourth-order valence-electron chi connectivity index (χ4n) is 2.68. The van der Waals surface area contributed by atoms with E-state index >= 15 is 0 Å². The molecule has 112 valence electrons. The van der Waals surface area contributed by atoms with Crippen LogP contribution in [0.15, 0.2) is 15.4 Å². The van der Waals surface area contributed by atoms with E-state index in [2.05, 4.69) is 0 Å². The number of furan rings is 1. The number of aromatic carboxylic acids is 1. The monoisotopic (exact) mass is 301 g/mol. The summed E-state index contributed by atoms with van der Waals surface area (Å²) in [5, 5.41) is 8.89. The molecule has 0 aliphatic carbocycles. The Balaban J connectivity index is 2.42. The molecule has 1 aliphatic heterocycles. The van der Waals surface area contributed by atoms with Gasteiger partial charge in [-0.2, -0.15) is 4.31 Å². The minimum Gasteiger partial charge on any atom is -0.475 e. The molecule has 1 N–H and O–H groups in total. The van der Waals surface area contributed by atoms with Crippen molar-refractivity contribution in [2.24, 2.45) is 5.92 Å². The summed E-state index contributed by atoms with van der Waals surface area (Å²) in [5.41, 5.74) is 0. The number of aryl methyl sites for hydroxylation is 1. The van der Waals surface area contributed by atoms with Crippen LogP contribution in [0.3, 0.4) is 0 Å². The maximum Gasteiger partial charge on any atom is 0.371 e. The number of rotatable bonds is 4. The number of sulfonamides is 1. The van der Waals surface area contributed by atoms with Crippen LogP contribution in [0.2, 0.25) is 0 Å². The zero-order valence-corrected chi connectivity index (χ0v) is 12.6. The van der Waals surface area contributed by atoms with E-state index in [4.69, 9.17) is 9.52 Å². The first-order valence-corrected chi connectivity index (χ1v) is 8.04. The predicted molar refractivity (Wildman–Crippen MR) is 72.2 cm³/mol. The molecule has 0 saturated carbocycles. The summed E-state index contributed by atoms with van der Waals surface area (Å²) in [6.07, 6.45) is 1.66. The van der Waals surface area contributed by atoms with Crippen LogP contribution in [-0.2, 0) is 10.0 Å². The number of hydrogen-bond acceptors (Lipinski definition) is 4. The molecule has 1 unspecified atom stereocenters. The normalized spacial score (nSPS) is 20.7. The molecule has 1 aromatic rings. The van der Waals surface area contributed by atoms with Gasteiger partial charge in [0.15, 0.2) is 0 Å². The smallest absolute Gasteiger partial charge is 0.371 e. The Bertz CT molecular complexity index is 617. The predicted octanol–water partition coefficient (Wildman–Crippen LogP) is 2.10. The molecule has 0 aromatic carbocycles. The third-order valence-corrected chi connectivity index (χ3v) is 5.72. The van der Waals surface area contributed by atoms with Crippen LogP contribution < -0.4 is 0 Å². The maximum absolute atomic E-state index is 12.7. The van der Waals surface area contributed by atoms with E-state index < -0.39 is 16.0 Å². The van der Waals surface area contributed by atoms with Crippen LogP contribution in [0.4, 0.5) is 0 Å². The summed E-state index contributed by atoms with van der Waals surface area (Å²) in [4.78, 5) is 10.8. The van der Waals surface area contributed by atoms with Crippen molar-refractivity contribution >= 4 is 16.0 Å². The minimum atomic E-state index is -3.70. The second-order valence-electron chi connectivity index (χ2n) is 5.41. The van der Waals surface area contributed by atoms with Gasteiger partial charge in [0.25, 0.3) is 0 Å². The topological polar surface area (TPSA) is 87.8 Å². The molecule has 2 rings (SSSR count). The standard InChI is InChI=1S/C13H19NO5S/c1-8(2)10-5-4-6-14(10)20(17,18)12-7-11(13(15)16)19-9(12)3/h7-8,10H,4-6H2,1-3H3,(H,15,16). The molecule has 0 bridgehead atoms. The summed E-state index contributed by atoms with van der Waals surface area (Å²) in [5.74, 6) is -1.27. The van der Waals surface area contributed by atoms with Gasteiger partial charge in [-0.05, 0) is 25.7 Å². The molecule has 1 atom stereocenters. The molecule has 0 radical (unpaired) electrons. The van der Waals surface area contributed by atoms with Crippen molar-refractivity contribution in [1.29, 1.82) is 0 Å². The highest BCUT2D eigenvalue weighted by atomic mass is 32.2. The van der Waals surface area contributed by atoms with E-state index in [1.807, 2.05) is 13.8 Å². The average Bonchev–Trinajstić information content (AvgIpc) is 2.94. The zero-order chi connectivity index (χ0) is 15.1. The Labute approximate surface area is 118 Å². The van der Waals surface area contributed by atoms with Gasteiger partial charge in [-0.1, -0.05) is 13.8 Å². The quantitative estimate of drug-likeness (QED) is 0.920. The van der Waals surface area contributed by atoms with Gasteiger partial charge >= 0.3 is 5.97 Å². The molecule has 0 spiro atoms. The Morgan fingerprint density at radius 3 is 2.65 bits per heavy atom. The lowest BCUT2D eigenvalue weighted by Gasteiger charge is -2.26. The number of hydrogen-bond donors (Lipinski definition) is 1. The molecule has 1 aromatic heterocycles. The summed E-state index contributed by atoms with van der Waals surface area (Å²) in [6.45, 7) is 5.92. The van der Waals surface area contributed by atoms with Crippen LogP contribution in [0, 0.1) is 12.8 Å². The summed E-state index contributed by atoms with van der Waals surface area (Å²) in [7, 11) is -3.70. The summed E-state index contributed by atoms with van der Waals surface area (Å²) >= 11 is 0. The molecule has 0 amide bonds. The molecule has 20 heavy (non-hydrogen) atoms. The Kier molecular flexibility index (Phi) is 3.93. The van der Waals surface area contributed by atoms with Gasteiger partial charge in [0.05, 0.1) is 0 Å². The van der Waals surface area contributed by atoms with Gasteiger partial charge in [0.1, 0.15) is 10.7 Å². The van der Waals surface area contributed by atoms with Crippen LogP contribution in [0.5, 0.6) is 0 Å². The molecule has 1 saturated heterocycles. The van der Waals surface area contributed by atoms with Gasteiger partial charge in [0, 0.05) is 18.7 Å². The first-order chi connectivity index (χ1) is 9.25. The van der Waals surface area contributed by atoms with Crippen LogP contribution in [0.1, 0.15) is 43.0 Å². The highest BCUT2D eigenvalue weighted by molar-refractivity contribution is 7.89. The average molecular weight is 301 g/mol. The fourth-order valence-corrected chi connectivity index (χ4v) is 4.67. The first kappa shape index (κ1) is 15.1. The lowest BCUT2D eigenvalue weighted by molar-refractivity contribution is 0.0661. The lowest BCUT2D eigenvalue weighted by atomic mass is 10.0. The Hall–Kier alpha value is -1.34. The van der Waals surface area contributed by atoms with E-state index in [1.54, 1.807) is 0 Å². The second-order valence-corrected chi connectivity index (χ2v) is 7.26. The van der Waals surface area contributed by atoms with Gasteiger partial charge in [-0.3, -0.25) is 0 Å². The van der Waals surface area contributed by atoms with E-state index in [1.165, 1.54) is 11.2 Å². The fraction of sp³-hybridized carbons (Fsp3) is 0.615. The molecule has 7 heteroatoms. The largest absolute Gasteiger partial charge is 0.475 e. The van der Waals surface area contributed by atoms with E-state index in [-0.39, 0.29) is 28.4 Å². The first-order valence-electron chi connectivity index (χ1n) is 6.60. The summed E-state index contributed by atoms with van der Waals surface area (Å²) in [6, 6.07) is 1.06. The van der Waals surface area contributed by atoms with E-state index in [0.29, 0.717) is 6.54 Å².